The van der Waals surface area contributed by atoms with Crippen molar-refractivity contribution in [2.45, 2.75) is 98.8 Å². The summed E-state index contributed by atoms with van der Waals surface area (Å²) in [6.45, 7) is -0.766. The summed E-state index contributed by atoms with van der Waals surface area (Å²) in [6, 6.07) is 12.4. The minimum absolute atomic E-state index is 0. The summed E-state index contributed by atoms with van der Waals surface area (Å²) in [7, 11) is -9.87. The van der Waals surface area contributed by atoms with Crippen LogP contribution >= 0.6 is 22.7 Å². The fourth-order valence-corrected chi connectivity index (χ4v) is 10.9. The molecule has 0 spiro atoms. The molecule has 0 amide bonds. The number of aryl methyl sites for hydroxylation is 1. The van der Waals surface area contributed by atoms with Gasteiger partial charge in [0, 0.05) is 41.0 Å². The third kappa shape index (κ3) is 13.1. The molecule has 0 radical (unpaired) electrons. The molecule has 1 fully saturated rings. The zero-order valence-corrected chi connectivity index (χ0v) is 41.1. The van der Waals surface area contributed by atoms with Crippen LogP contribution < -0.4 is 19.3 Å². The van der Waals surface area contributed by atoms with E-state index in [2.05, 4.69) is 35.2 Å². The molecule has 396 valence electrons. The monoisotopic (exact) mass is 1160 g/mol. The Labute approximate surface area is 425 Å². The van der Waals surface area contributed by atoms with E-state index in [0.29, 0.717) is 24.4 Å². The molecule has 0 bridgehead atoms. The molecule has 2 N–H and O–H groups in total. The second-order valence-corrected chi connectivity index (χ2v) is 21.1. The van der Waals surface area contributed by atoms with Crippen molar-refractivity contribution in [1.82, 2.24) is 9.97 Å². The third-order valence-electron chi connectivity index (χ3n) is 11.3. The molecule has 4 heterocycles. The van der Waals surface area contributed by atoms with Gasteiger partial charge in [0.05, 0.1) is 26.5 Å². The Morgan fingerprint density at radius 2 is 1.10 bits per heavy atom. The van der Waals surface area contributed by atoms with E-state index in [9.17, 15) is 69.8 Å². The van der Waals surface area contributed by atoms with Crippen LogP contribution in [0, 0.1) is 0 Å². The second-order valence-electron chi connectivity index (χ2n) is 16.3. The number of halogens is 10. The van der Waals surface area contributed by atoms with Crippen LogP contribution in [0.3, 0.4) is 0 Å². The average molecular weight is 1160 g/mol. The number of aromatic nitrogens is 2. The summed E-state index contributed by atoms with van der Waals surface area (Å²) < 4.78 is 209. The molecule has 3 aliphatic rings. The maximum absolute atomic E-state index is 13.6. The van der Waals surface area contributed by atoms with E-state index in [0.717, 1.165) is 71.7 Å². The fraction of sp³-hybridized carbons (Fsp3) is 0.381. The van der Waals surface area contributed by atoms with Crippen LogP contribution in [0.15, 0.2) is 90.9 Å². The van der Waals surface area contributed by atoms with Crippen LogP contribution in [0.2, 0.25) is 0 Å². The summed E-state index contributed by atoms with van der Waals surface area (Å²) in [6.07, 6.45) is -11.5. The normalized spacial score (nSPS) is 16.2. The van der Waals surface area contributed by atoms with Crippen molar-refractivity contribution in [3.63, 3.8) is 0 Å². The van der Waals surface area contributed by atoms with E-state index >= 15 is 0 Å². The number of thiazole rings is 2. The standard InChI is InChI=1S/C24H25F3N4O4S2.C18H11F7N4O4S2.Ni/c25-24(26,27)31-11-5-4-6-15-12-19(22(14-20(15)31)37(32,33)34)29-30-23-28-18-10-9-17(13-21(18)36-23)35-16-7-2-1-3-8-16;19-15(20)17(21,22)33-9-1-2-10-13(6-9)34-16(26-10)28-27-11-5-8-3-4-29(18(23,24)25)12(8)7-14(11)35(30,31)32;/h9-10,12-14,16H,1-8,11H2,(H,32,33,34);1-2,5-7,15H,3-4H2,(H,30,31,32);. The zero-order chi connectivity index (χ0) is 52.0. The first-order valence-electron chi connectivity index (χ1n) is 21.4. The molecule has 2 aromatic heterocycles. The van der Waals surface area contributed by atoms with Crippen molar-refractivity contribution >= 4 is 96.4 Å². The number of azo groups is 2. The maximum Gasteiger partial charge on any atom is 0.484 e. The second kappa shape index (κ2) is 21.5. The topological polar surface area (TPSA) is 209 Å². The molecule has 0 atom stereocenters. The first kappa shape index (κ1) is 55.4. The van der Waals surface area contributed by atoms with Crippen molar-refractivity contribution in [3.8, 4) is 11.5 Å². The van der Waals surface area contributed by atoms with E-state index < -0.39 is 78.8 Å². The molecule has 2 aliphatic heterocycles. The predicted octanol–water partition coefficient (Wildman–Crippen LogP) is 13.4. The first-order chi connectivity index (χ1) is 33.7. The van der Waals surface area contributed by atoms with Gasteiger partial charge in [0.15, 0.2) is 0 Å². The third-order valence-corrected chi connectivity index (χ3v) is 14.9. The molecule has 9 rings (SSSR count). The molecule has 16 nitrogen and oxygen atoms in total. The van der Waals surface area contributed by atoms with Crippen molar-refractivity contribution in [2.75, 3.05) is 22.9 Å². The van der Waals surface area contributed by atoms with Crippen LogP contribution in [-0.2, 0) is 49.6 Å². The van der Waals surface area contributed by atoms with Crippen LogP contribution in [0.4, 0.5) is 76.9 Å². The summed E-state index contributed by atoms with van der Waals surface area (Å²) in [4.78, 5) is 6.97. The van der Waals surface area contributed by atoms with Crippen LogP contribution in [0.25, 0.3) is 20.4 Å². The van der Waals surface area contributed by atoms with Crippen molar-refractivity contribution in [3.05, 3.63) is 71.8 Å². The Bertz CT molecular complexity index is 3300. The van der Waals surface area contributed by atoms with Gasteiger partial charge in [-0.25, -0.2) is 9.97 Å². The van der Waals surface area contributed by atoms with Crippen molar-refractivity contribution in [1.29, 1.82) is 0 Å². The minimum atomic E-state index is -5.00. The minimum Gasteiger partial charge on any atom is -0.490 e. The van der Waals surface area contributed by atoms with E-state index in [1.807, 2.05) is 12.1 Å². The summed E-state index contributed by atoms with van der Waals surface area (Å²) in [5.74, 6) is 0.164. The predicted molar refractivity (Wildman–Crippen MR) is 243 cm³/mol. The smallest absolute Gasteiger partial charge is 0.484 e. The summed E-state index contributed by atoms with van der Waals surface area (Å²) in [5, 5.41) is 15.6. The Morgan fingerprint density at radius 3 is 1.59 bits per heavy atom. The number of benzene rings is 4. The fourth-order valence-electron chi connectivity index (χ4n) is 8.04. The Morgan fingerprint density at radius 1 is 0.616 bits per heavy atom. The van der Waals surface area contributed by atoms with Gasteiger partial charge in [0.25, 0.3) is 20.2 Å². The van der Waals surface area contributed by atoms with Gasteiger partial charge in [-0.1, -0.05) is 29.1 Å². The van der Waals surface area contributed by atoms with Gasteiger partial charge in [0.2, 0.25) is 10.3 Å². The Kier molecular flexibility index (Phi) is 16.3. The summed E-state index contributed by atoms with van der Waals surface area (Å²) in [5.41, 5.74) is -0.186. The number of hydrogen-bond acceptors (Lipinski definition) is 16. The maximum atomic E-state index is 13.6. The van der Waals surface area contributed by atoms with Gasteiger partial charge in [-0.05, 0) is 123 Å². The molecule has 73 heavy (non-hydrogen) atoms. The molecular weight excluding hydrogens is 1120 g/mol. The Hall–Kier alpha value is -5.33. The number of anilines is 2. The molecule has 31 heteroatoms. The SMILES string of the molecule is O=S(=O)(O)c1cc2c(cc1N=Nc1nc3ccc(OC(F)(F)C(F)F)cc3s1)CCN2C(F)(F)F.O=S(=O)(O)c1cc2c(cc1N=Nc1nc3ccc(OC4CCCCC4)cc3s1)CCCCN2C(F)(F)F.[Ni]. The zero-order valence-electron chi connectivity index (χ0n) is 36.9. The summed E-state index contributed by atoms with van der Waals surface area (Å²) >= 11 is 1.98. The van der Waals surface area contributed by atoms with E-state index in [1.54, 1.807) is 6.07 Å². The average Bonchev–Trinajstić information content (AvgIpc) is 3.98. The van der Waals surface area contributed by atoms with E-state index in [1.165, 1.54) is 29.9 Å². The number of rotatable bonds is 11. The quantitative estimate of drug-likeness (QED) is 0.0408. The van der Waals surface area contributed by atoms with Gasteiger partial charge >= 0.3 is 25.1 Å². The van der Waals surface area contributed by atoms with Gasteiger partial charge in [-0.3, -0.25) is 18.9 Å². The van der Waals surface area contributed by atoms with Crippen LogP contribution in [0.1, 0.15) is 56.1 Å². The number of ether oxygens (including phenoxy) is 2. The van der Waals surface area contributed by atoms with Crippen LogP contribution in [0.5, 0.6) is 11.5 Å². The number of nitrogens with zero attached hydrogens (tertiary/aromatic N) is 8. The Balaban J connectivity index is 0.000000211. The van der Waals surface area contributed by atoms with Gasteiger partial charge < -0.3 is 9.47 Å². The number of hydrogen-bond donors (Lipinski definition) is 2. The van der Waals surface area contributed by atoms with Crippen molar-refractivity contribution in [2.24, 2.45) is 20.5 Å². The van der Waals surface area contributed by atoms with Crippen molar-refractivity contribution < 1.29 is 95.8 Å². The van der Waals surface area contributed by atoms with Gasteiger partial charge in [0.1, 0.15) is 32.7 Å². The van der Waals surface area contributed by atoms with Gasteiger partial charge in [-0.15, -0.1) is 20.5 Å². The van der Waals surface area contributed by atoms with E-state index in [4.69, 9.17) is 4.74 Å². The largest absolute Gasteiger partial charge is 0.490 e. The molecular formula is C42H36F10N8NiO8S4. The molecule has 0 saturated heterocycles. The van der Waals surface area contributed by atoms with Gasteiger partial charge in [-0.2, -0.15) is 60.7 Å². The molecule has 1 aliphatic carbocycles. The molecule has 4 aromatic carbocycles. The number of alkyl halides is 10. The van der Waals surface area contributed by atoms with Crippen LogP contribution in [-0.4, -0.2) is 80.2 Å². The first-order valence-corrected chi connectivity index (χ1v) is 25.9. The van der Waals surface area contributed by atoms with E-state index in [-0.39, 0.29) is 94.8 Å². The number of fused-ring (bicyclic) bond motifs is 4. The molecule has 6 aromatic rings. The molecule has 1 saturated carbocycles. The molecule has 0 unspecified atom stereocenters.